The fourth-order valence-electron chi connectivity index (χ4n) is 2.37. The van der Waals surface area contributed by atoms with Crippen molar-refractivity contribution in [3.63, 3.8) is 0 Å². The maximum absolute atomic E-state index is 12.4. The Kier molecular flexibility index (Phi) is 5.49. The second kappa shape index (κ2) is 7.38. The number of aryl methyl sites for hydroxylation is 3. The van der Waals surface area contributed by atoms with Crippen LogP contribution in [-0.2, 0) is 6.54 Å². The van der Waals surface area contributed by atoms with Gasteiger partial charge in [0.05, 0.1) is 18.3 Å². The van der Waals surface area contributed by atoms with E-state index in [0.717, 1.165) is 34.0 Å². The van der Waals surface area contributed by atoms with Gasteiger partial charge in [0.15, 0.2) is 0 Å². The molecule has 0 spiro atoms. The Morgan fingerprint density at radius 3 is 2.58 bits per heavy atom. The number of hydrogen-bond acceptors (Lipinski definition) is 4. The first-order valence-electron chi connectivity index (χ1n) is 7.99. The summed E-state index contributed by atoms with van der Waals surface area (Å²) < 4.78 is 10.8. The summed E-state index contributed by atoms with van der Waals surface area (Å²) in [5.41, 5.74) is 3.46. The first-order valence-corrected chi connectivity index (χ1v) is 7.99. The highest BCUT2D eigenvalue weighted by Gasteiger charge is 2.16. The van der Waals surface area contributed by atoms with Crippen molar-refractivity contribution >= 4 is 11.7 Å². The molecule has 0 bridgehead atoms. The van der Waals surface area contributed by atoms with E-state index in [4.69, 9.17) is 9.26 Å². The summed E-state index contributed by atoms with van der Waals surface area (Å²) >= 11 is 0. The lowest BCUT2D eigenvalue weighted by atomic mass is 10.2. The van der Waals surface area contributed by atoms with Crippen LogP contribution in [0.1, 0.15) is 36.4 Å². The Balaban J connectivity index is 2.02. The zero-order valence-electron chi connectivity index (χ0n) is 15.1. The van der Waals surface area contributed by atoms with Crippen LogP contribution in [-0.4, -0.2) is 29.2 Å². The summed E-state index contributed by atoms with van der Waals surface area (Å²) in [5, 5.41) is 6.80. The van der Waals surface area contributed by atoms with Crippen molar-refractivity contribution < 1.29 is 14.1 Å². The molecule has 6 nitrogen and oxygen atoms in total. The topological polar surface area (TPSA) is 67.6 Å². The SMILES string of the molecule is Cc1cc(NC(=O)N(C)Cc2c(C)noc2C)ccc1OC(C)C. The molecule has 2 aromatic rings. The first kappa shape index (κ1) is 17.8. The molecule has 2 amide bonds. The number of benzene rings is 1. The van der Waals surface area contributed by atoms with Crippen molar-refractivity contribution in [2.24, 2.45) is 0 Å². The van der Waals surface area contributed by atoms with Gasteiger partial charge in [0.1, 0.15) is 11.5 Å². The highest BCUT2D eigenvalue weighted by Crippen LogP contribution is 2.23. The molecule has 0 aliphatic carbocycles. The van der Waals surface area contributed by atoms with Gasteiger partial charge in [-0.05, 0) is 58.4 Å². The molecule has 0 saturated carbocycles. The van der Waals surface area contributed by atoms with Crippen molar-refractivity contribution in [2.75, 3.05) is 12.4 Å². The van der Waals surface area contributed by atoms with Gasteiger partial charge in [-0.1, -0.05) is 5.16 Å². The second-order valence-electron chi connectivity index (χ2n) is 6.24. The largest absolute Gasteiger partial charge is 0.491 e. The fraction of sp³-hybridized carbons (Fsp3) is 0.444. The van der Waals surface area contributed by atoms with E-state index in [0.29, 0.717) is 6.54 Å². The molecule has 6 heteroatoms. The number of amides is 2. The number of rotatable bonds is 5. The van der Waals surface area contributed by atoms with Gasteiger partial charge in [-0.15, -0.1) is 0 Å². The minimum absolute atomic E-state index is 0.116. The van der Waals surface area contributed by atoms with Crippen molar-refractivity contribution in [2.45, 2.75) is 47.3 Å². The lowest BCUT2D eigenvalue weighted by molar-refractivity contribution is 0.220. The van der Waals surface area contributed by atoms with Crippen molar-refractivity contribution in [1.82, 2.24) is 10.1 Å². The number of nitrogens with one attached hydrogen (secondary N) is 1. The van der Waals surface area contributed by atoms with Gasteiger partial charge in [-0.2, -0.15) is 0 Å². The van der Waals surface area contributed by atoms with Crippen LogP contribution >= 0.6 is 0 Å². The Morgan fingerprint density at radius 1 is 1.33 bits per heavy atom. The van der Waals surface area contributed by atoms with Crippen molar-refractivity contribution in [3.8, 4) is 5.75 Å². The number of anilines is 1. The lowest BCUT2D eigenvalue weighted by Crippen LogP contribution is -2.31. The predicted molar refractivity (Wildman–Crippen MR) is 93.4 cm³/mol. The minimum atomic E-state index is -0.188. The molecule has 2 rings (SSSR count). The lowest BCUT2D eigenvalue weighted by Gasteiger charge is -2.19. The van der Waals surface area contributed by atoms with E-state index >= 15 is 0 Å². The molecule has 0 saturated heterocycles. The van der Waals surface area contributed by atoms with Gasteiger partial charge in [0.25, 0.3) is 0 Å². The Hall–Kier alpha value is -2.50. The van der Waals surface area contributed by atoms with E-state index in [1.54, 1.807) is 11.9 Å². The molecule has 1 heterocycles. The summed E-state index contributed by atoms with van der Waals surface area (Å²) in [4.78, 5) is 14.0. The van der Waals surface area contributed by atoms with Gasteiger partial charge in [-0.3, -0.25) is 0 Å². The highest BCUT2D eigenvalue weighted by molar-refractivity contribution is 5.89. The van der Waals surface area contributed by atoms with E-state index in [1.165, 1.54) is 0 Å². The molecule has 0 aliphatic rings. The van der Waals surface area contributed by atoms with E-state index < -0.39 is 0 Å². The molecule has 24 heavy (non-hydrogen) atoms. The smallest absolute Gasteiger partial charge is 0.321 e. The average Bonchev–Trinajstić information content (AvgIpc) is 2.81. The predicted octanol–water partition coefficient (Wildman–Crippen LogP) is 4.05. The maximum atomic E-state index is 12.4. The molecule has 0 fully saturated rings. The molecular formula is C18H25N3O3. The van der Waals surface area contributed by atoms with Gasteiger partial charge in [0.2, 0.25) is 0 Å². The summed E-state index contributed by atoms with van der Waals surface area (Å²) in [7, 11) is 1.74. The number of carbonyl (C=O) groups excluding carboxylic acids is 1. The number of ether oxygens (including phenoxy) is 1. The van der Waals surface area contributed by atoms with Crippen LogP contribution in [0.4, 0.5) is 10.5 Å². The molecule has 130 valence electrons. The van der Waals surface area contributed by atoms with Crippen LogP contribution in [0.5, 0.6) is 5.75 Å². The fourth-order valence-corrected chi connectivity index (χ4v) is 2.37. The van der Waals surface area contributed by atoms with E-state index in [9.17, 15) is 4.79 Å². The minimum Gasteiger partial charge on any atom is -0.491 e. The zero-order chi connectivity index (χ0) is 17.9. The quantitative estimate of drug-likeness (QED) is 0.897. The second-order valence-corrected chi connectivity index (χ2v) is 6.24. The van der Waals surface area contributed by atoms with Crippen LogP contribution in [0.15, 0.2) is 22.7 Å². The summed E-state index contributed by atoms with van der Waals surface area (Å²) in [6.45, 7) is 10.1. The Bertz CT molecular complexity index is 703. The number of urea groups is 1. The molecule has 0 unspecified atom stereocenters. The van der Waals surface area contributed by atoms with Gasteiger partial charge >= 0.3 is 6.03 Å². The third-order valence-corrected chi connectivity index (χ3v) is 3.71. The number of hydrogen-bond donors (Lipinski definition) is 1. The van der Waals surface area contributed by atoms with Crippen LogP contribution in [0, 0.1) is 20.8 Å². The van der Waals surface area contributed by atoms with Crippen molar-refractivity contribution in [3.05, 3.63) is 40.8 Å². The highest BCUT2D eigenvalue weighted by atomic mass is 16.5. The maximum Gasteiger partial charge on any atom is 0.321 e. The van der Waals surface area contributed by atoms with Gasteiger partial charge < -0.3 is 19.5 Å². The van der Waals surface area contributed by atoms with Crippen molar-refractivity contribution in [1.29, 1.82) is 0 Å². The van der Waals surface area contributed by atoms with E-state index in [-0.39, 0.29) is 12.1 Å². The Labute approximate surface area is 142 Å². The Morgan fingerprint density at radius 2 is 2.04 bits per heavy atom. The molecule has 1 aromatic carbocycles. The average molecular weight is 331 g/mol. The number of aromatic nitrogens is 1. The van der Waals surface area contributed by atoms with Crippen LogP contribution in [0.25, 0.3) is 0 Å². The van der Waals surface area contributed by atoms with Gasteiger partial charge in [-0.25, -0.2) is 4.79 Å². The van der Waals surface area contributed by atoms with Crippen LogP contribution in [0.3, 0.4) is 0 Å². The first-order chi connectivity index (χ1) is 11.3. The third kappa shape index (κ3) is 4.28. The third-order valence-electron chi connectivity index (χ3n) is 3.71. The normalized spacial score (nSPS) is 10.8. The summed E-state index contributed by atoms with van der Waals surface area (Å²) in [5.74, 6) is 1.56. The van der Waals surface area contributed by atoms with E-state index in [1.807, 2.05) is 52.8 Å². The van der Waals surface area contributed by atoms with Crippen LogP contribution in [0.2, 0.25) is 0 Å². The summed E-state index contributed by atoms with van der Waals surface area (Å²) in [6.07, 6.45) is 0.116. The zero-order valence-corrected chi connectivity index (χ0v) is 15.1. The number of carbonyl (C=O) groups is 1. The van der Waals surface area contributed by atoms with Crippen LogP contribution < -0.4 is 10.1 Å². The molecule has 1 aromatic heterocycles. The van der Waals surface area contributed by atoms with Gasteiger partial charge in [0, 0.05) is 18.3 Å². The monoisotopic (exact) mass is 331 g/mol. The van der Waals surface area contributed by atoms with E-state index in [2.05, 4.69) is 10.5 Å². The molecule has 1 N–H and O–H groups in total. The summed E-state index contributed by atoms with van der Waals surface area (Å²) in [6, 6.07) is 5.43. The molecule has 0 radical (unpaired) electrons. The standard InChI is InChI=1S/C18H25N3O3/c1-11(2)23-17-8-7-15(9-12(17)3)19-18(22)21(6)10-16-13(4)20-24-14(16)5/h7-9,11H,10H2,1-6H3,(H,19,22). The molecular weight excluding hydrogens is 306 g/mol. The molecule has 0 atom stereocenters. The molecule has 0 aliphatic heterocycles. The number of nitrogens with zero attached hydrogens (tertiary/aromatic N) is 2.